The summed E-state index contributed by atoms with van der Waals surface area (Å²) >= 11 is 0. The molecule has 0 bridgehead atoms. The Morgan fingerprint density at radius 1 is 1.11 bits per heavy atom. The van der Waals surface area contributed by atoms with E-state index in [9.17, 15) is 9.59 Å². The Morgan fingerprint density at radius 3 is 2.61 bits per heavy atom. The number of carbonyl (C=O) groups is 2. The minimum Gasteiger partial charge on any atom is -0.357 e. The number of hydrogen-bond donors (Lipinski definition) is 2. The van der Waals surface area contributed by atoms with Crippen molar-refractivity contribution < 1.29 is 9.59 Å². The number of hydrogen-bond acceptors (Lipinski definition) is 6. The van der Waals surface area contributed by atoms with E-state index in [0.29, 0.717) is 18.1 Å². The van der Waals surface area contributed by atoms with Crippen LogP contribution >= 0.6 is 0 Å². The van der Waals surface area contributed by atoms with Gasteiger partial charge < -0.3 is 10.6 Å². The lowest BCUT2D eigenvalue weighted by atomic mass is 10.0. The highest BCUT2D eigenvalue weighted by Gasteiger charge is 2.31. The van der Waals surface area contributed by atoms with Gasteiger partial charge in [-0.25, -0.2) is 0 Å². The molecule has 1 saturated heterocycles. The van der Waals surface area contributed by atoms with Crippen molar-refractivity contribution in [2.45, 2.75) is 50.6 Å². The lowest BCUT2D eigenvalue weighted by molar-refractivity contribution is -0.120. The Labute approximate surface area is 163 Å². The summed E-state index contributed by atoms with van der Waals surface area (Å²) in [7, 11) is 1.82. The van der Waals surface area contributed by atoms with Gasteiger partial charge in [-0.05, 0) is 37.8 Å². The molecule has 1 aliphatic carbocycles. The van der Waals surface area contributed by atoms with Crippen LogP contribution in [0.15, 0.2) is 24.4 Å². The summed E-state index contributed by atoms with van der Waals surface area (Å²) in [6.45, 7) is 0.669. The SMILES string of the molecule is Cn1nccc1N1CCCC(Nc2ccc(C(=O)NC3CCCC3)nn2)C1=O. The van der Waals surface area contributed by atoms with Gasteiger partial charge in [0.05, 0.1) is 6.20 Å². The van der Waals surface area contributed by atoms with Crippen molar-refractivity contribution in [1.29, 1.82) is 0 Å². The van der Waals surface area contributed by atoms with E-state index in [2.05, 4.69) is 25.9 Å². The molecule has 1 atom stereocenters. The number of rotatable bonds is 5. The fraction of sp³-hybridized carbons (Fsp3) is 0.526. The Morgan fingerprint density at radius 2 is 1.93 bits per heavy atom. The summed E-state index contributed by atoms with van der Waals surface area (Å²) in [4.78, 5) is 26.9. The van der Waals surface area contributed by atoms with Gasteiger partial charge in [0.2, 0.25) is 0 Å². The highest BCUT2D eigenvalue weighted by Crippen LogP contribution is 2.22. The van der Waals surface area contributed by atoms with Crippen LogP contribution in [0.4, 0.5) is 11.6 Å². The van der Waals surface area contributed by atoms with Crippen LogP contribution in [-0.2, 0) is 11.8 Å². The van der Waals surface area contributed by atoms with Crippen molar-refractivity contribution in [3.8, 4) is 0 Å². The first-order chi connectivity index (χ1) is 13.6. The molecule has 2 aliphatic rings. The minimum absolute atomic E-state index is 0.0142. The number of aryl methyl sites for hydroxylation is 1. The fourth-order valence-electron chi connectivity index (χ4n) is 3.91. The molecule has 2 aromatic heterocycles. The Hall–Kier alpha value is -2.97. The van der Waals surface area contributed by atoms with Gasteiger partial charge in [-0.3, -0.25) is 19.2 Å². The average molecular weight is 383 g/mol. The highest BCUT2D eigenvalue weighted by molar-refractivity contribution is 5.98. The van der Waals surface area contributed by atoms with Crippen LogP contribution in [0, 0.1) is 0 Å². The third kappa shape index (κ3) is 3.83. The second-order valence-electron chi connectivity index (χ2n) is 7.40. The van der Waals surface area contributed by atoms with Gasteiger partial charge in [-0.2, -0.15) is 5.10 Å². The van der Waals surface area contributed by atoms with Gasteiger partial charge in [-0.15, -0.1) is 10.2 Å². The summed E-state index contributed by atoms with van der Waals surface area (Å²) in [5.74, 6) is 1.06. The molecule has 148 valence electrons. The largest absolute Gasteiger partial charge is 0.357 e. The smallest absolute Gasteiger partial charge is 0.272 e. The van der Waals surface area contributed by atoms with Gasteiger partial charge in [-0.1, -0.05) is 12.8 Å². The van der Waals surface area contributed by atoms with Crippen LogP contribution in [-0.4, -0.2) is 50.4 Å². The molecule has 2 fully saturated rings. The van der Waals surface area contributed by atoms with Crippen molar-refractivity contribution >= 4 is 23.5 Å². The number of aromatic nitrogens is 4. The molecule has 1 unspecified atom stereocenters. The van der Waals surface area contributed by atoms with E-state index in [1.165, 1.54) is 0 Å². The first-order valence-corrected chi connectivity index (χ1v) is 9.82. The molecular weight excluding hydrogens is 358 g/mol. The zero-order valence-corrected chi connectivity index (χ0v) is 16.0. The molecule has 0 radical (unpaired) electrons. The maximum absolute atomic E-state index is 12.9. The van der Waals surface area contributed by atoms with Crippen LogP contribution in [0.2, 0.25) is 0 Å². The van der Waals surface area contributed by atoms with E-state index in [1.54, 1.807) is 27.9 Å². The molecule has 4 rings (SSSR count). The molecule has 2 amide bonds. The second-order valence-corrected chi connectivity index (χ2v) is 7.40. The third-order valence-corrected chi connectivity index (χ3v) is 5.42. The zero-order valence-electron chi connectivity index (χ0n) is 16.0. The third-order valence-electron chi connectivity index (χ3n) is 5.42. The number of anilines is 2. The Bertz CT molecular complexity index is 842. The lowest BCUT2D eigenvalue weighted by Gasteiger charge is -2.32. The van der Waals surface area contributed by atoms with Gasteiger partial charge in [0.25, 0.3) is 11.8 Å². The van der Waals surface area contributed by atoms with Crippen molar-refractivity contribution in [3.05, 3.63) is 30.1 Å². The summed E-state index contributed by atoms with van der Waals surface area (Å²) in [6.07, 6.45) is 7.64. The molecule has 0 spiro atoms. The van der Waals surface area contributed by atoms with E-state index < -0.39 is 0 Å². The molecule has 1 aliphatic heterocycles. The van der Waals surface area contributed by atoms with Crippen molar-refractivity contribution in [1.82, 2.24) is 25.3 Å². The highest BCUT2D eigenvalue weighted by atomic mass is 16.2. The van der Waals surface area contributed by atoms with Gasteiger partial charge >= 0.3 is 0 Å². The standard InChI is InChI=1S/C19H25N7O2/c1-25-17(10-11-20-25)26-12-4-7-15(19(26)28)22-16-9-8-14(23-24-16)18(27)21-13-5-2-3-6-13/h8-11,13,15H,2-7,12H2,1H3,(H,21,27)(H,22,24). The number of amides is 2. The van der Waals surface area contributed by atoms with Crippen LogP contribution < -0.4 is 15.5 Å². The van der Waals surface area contributed by atoms with E-state index >= 15 is 0 Å². The van der Waals surface area contributed by atoms with Crippen molar-refractivity contribution in [2.75, 3.05) is 16.8 Å². The van der Waals surface area contributed by atoms with Crippen LogP contribution in [0.1, 0.15) is 49.0 Å². The molecule has 9 nitrogen and oxygen atoms in total. The normalized spacial score (nSPS) is 20.4. The van der Waals surface area contributed by atoms with E-state index in [-0.39, 0.29) is 23.9 Å². The fourth-order valence-corrected chi connectivity index (χ4v) is 3.91. The number of nitrogens with zero attached hydrogens (tertiary/aromatic N) is 5. The predicted molar refractivity (Wildman–Crippen MR) is 104 cm³/mol. The first kappa shape index (κ1) is 18.4. The number of carbonyl (C=O) groups excluding carboxylic acids is 2. The summed E-state index contributed by atoms with van der Waals surface area (Å²) in [5, 5.41) is 18.4. The number of nitrogens with one attached hydrogen (secondary N) is 2. The lowest BCUT2D eigenvalue weighted by Crippen LogP contribution is -2.48. The van der Waals surface area contributed by atoms with Crippen molar-refractivity contribution in [2.24, 2.45) is 7.05 Å². The van der Waals surface area contributed by atoms with Crippen LogP contribution in [0.25, 0.3) is 0 Å². The Kier molecular flexibility index (Phi) is 5.23. The maximum atomic E-state index is 12.9. The zero-order chi connectivity index (χ0) is 19.5. The molecular formula is C19H25N7O2. The first-order valence-electron chi connectivity index (χ1n) is 9.82. The van der Waals surface area contributed by atoms with Crippen molar-refractivity contribution in [3.63, 3.8) is 0 Å². The van der Waals surface area contributed by atoms with E-state index in [0.717, 1.165) is 44.3 Å². The van der Waals surface area contributed by atoms with Gasteiger partial charge in [0.1, 0.15) is 17.7 Å². The average Bonchev–Trinajstić information content (AvgIpc) is 3.36. The predicted octanol–water partition coefficient (Wildman–Crippen LogP) is 1.49. The van der Waals surface area contributed by atoms with E-state index in [1.807, 2.05) is 13.1 Å². The molecule has 3 heterocycles. The van der Waals surface area contributed by atoms with Crippen LogP contribution in [0.3, 0.4) is 0 Å². The molecule has 9 heteroatoms. The molecule has 2 N–H and O–H groups in total. The van der Waals surface area contributed by atoms with Gasteiger partial charge in [0.15, 0.2) is 5.69 Å². The Balaban J connectivity index is 1.39. The van der Waals surface area contributed by atoms with Gasteiger partial charge in [0, 0.05) is 25.7 Å². The number of piperidine rings is 1. The molecule has 0 aromatic carbocycles. The molecule has 1 saturated carbocycles. The molecule has 28 heavy (non-hydrogen) atoms. The molecule has 2 aromatic rings. The monoisotopic (exact) mass is 383 g/mol. The van der Waals surface area contributed by atoms with Crippen LogP contribution in [0.5, 0.6) is 0 Å². The summed E-state index contributed by atoms with van der Waals surface area (Å²) < 4.78 is 1.69. The summed E-state index contributed by atoms with van der Waals surface area (Å²) in [6, 6.07) is 5.04. The summed E-state index contributed by atoms with van der Waals surface area (Å²) in [5.41, 5.74) is 0.295. The topological polar surface area (TPSA) is 105 Å². The second kappa shape index (κ2) is 7.95. The maximum Gasteiger partial charge on any atom is 0.272 e. The van der Waals surface area contributed by atoms with E-state index in [4.69, 9.17) is 0 Å². The minimum atomic E-state index is -0.379. The quantitative estimate of drug-likeness (QED) is 0.810.